The predicted octanol–water partition coefficient (Wildman–Crippen LogP) is 3.59. The number of nitrogens with zero attached hydrogens (tertiary/aromatic N) is 1. The van der Waals surface area contributed by atoms with Crippen LogP contribution in [-0.4, -0.2) is 12.0 Å². The molecule has 0 spiro atoms. The maximum Gasteiger partial charge on any atom is 0.123 e. The second-order valence-corrected chi connectivity index (χ2v) is 5.02. The maximum absolute atomic E-state index is 13.2. The molecule has 1 heterocycles. The molecule has 0 amide bonds. The first-order valence-corrected chi connectivity index (χ1v) is 7.01. The molecule has 0 radical (unpaired) electrons. The average molecular weight is 272 g/mol. The zero-order chi connectivity index (χ0) is 14.5. The molecule has 1 aromatic heterocycles. The molecule has 20 heavy (non-hydrogen) atoms. The van der Waals surface area contributed by atoms with E-state index >= 15 is 0 Å². The third kappa shape index (κ3) is 3.23. The van der Waals surface area contributed by atoms with Crippen molar-refractivity contribution in [2.75, 3.05) is 7.05 Å². The van der Waals surface area contributed by atoms with Crippen molar-refractivity contribution in [2.24, 2.45) is 0 Å². The Bertz CT molecular complexity index is 581. The Morgan fingerprint density at radius 1 is 1.25 bits per heavy atom. The molecule has 2 nitrogen and oxygen atoms in total. The second kappa shape index (κ2) is 6.62. The highest BCUT2D eigenvalue weighted by molar-refractivity contribution is 5.30. The summed E-state index contributed by atoms with van der Waals surface area (Å²) in [4.78, 5) is 4.53. The molecule has 2 aromatic rings. The second-order valence-electron chi connectivity index (χ2n) is 5.02. The number of aromatic nitrogens is 1. The van der Waals surface area contributed by atoms with Gasteiger partial charge in [0.1, 0.15) is 5.82 Å². The highest BCUT2D eigenvalue weighted by atomic mass is 19.1. The molecule has 3 heteroatoms. The molecule has 0 fully saturated rings. The van der Waals surface area contributed by atoms with Crippen molar-refractivity contribution in [2.45, 2.75) is 32.7 Å². The molecule has 2 rings (SSSR count). The molecule has 0 aliphatic carbocycles. The number of hydrogen-bond donors (Lipinski definition) is 1. The Morgan fingerprint density at radius 3 is 2.70 bits per heavy atom. The van der Waals surface area contributed by atoms with Gasteiger partial charge in [-0.2, -0.15) is 0 Å². The van der Waals surface area contributed by atoms with Crippen LogP contribution in [0.15, 0.2) is 36.5 Å². The van der Waals surface area contributed by atoms with Crippen molar-refractivity contribution in [3.05, 3.63) is 64.7 Å². The Labute approximate surface area is 120 Å². The van der Waals surface area contributed by atoms with E-state index in [-0.39, 0.29) is 11.9 Å². The molecule has 1 atom stereocenters. The summed E-state index contributed by atoms with van der Waals surface area (Å²) in [6, 6.07) is 9.21. The molecular weight excluding hydrogens is 251 g/mol. The van der Waals surface area contributed by atoms with Crippen LogP contribution in [0.4, 0.5) is 4.39 Å². The molecular formula is C17H21FN2. The monoisotopic (exact) mass is 272 g/mol. The Balaban J connectivity index is 2.29. The summed E-state index contributed by atoms with van der Waals surface area (Å²) in [6.45, 7) is 4.08. The first-order chi connectivity index (χ1) is 9.65. The van der Waals surface area contributed by atoms with Crippen LogP contribution in [0.1, 0.15) is 35.3 Å². The fourth-order valence-corrected chi connectivity index (χ4v) is 2.51. The van der Waals surface area contributed by atoms with Crippen LogP contribution in [0.3, 0.4) is 0 Å². The Morgan fingerprint density at radius 2 is 2.05 bits per heavy atom. The van der Waals surface area contributed by atoms with E-state index in [9.17, 15) is 4.39 Å². The number of nitrogens with one attached hydrogen (secondary N) is 1. The maximum atomic E-state index is 13.2. The van der Waals surface area contributed by atoms with Gasteiger partial charge in [-0.05, 0) is 61.7 Å². The highest BCUT2D eigenvalue weighted by Crippen LogP contribution is 2.22. The van der Waals surface area contributed by atoms with Crippen LogP contribution in [0.2, 0.25) is 0 Å². The third-order valence-corrected chi connectivity index (χ3v) is 3.71. The largest absolute Gasteiger partial charge is 0.311 e. The minimum atomic E-state index is -0.181. The van der Waals surface area contributed by atoms with Gasteiger partial charge < -0.3 is 5.32 Å². The lowest BCUT2D eigenvalue weighted by atomic mass is 9.96. The standard InChI is InChI=1S/C17H21FN2/c1-4-13-6-5-9-20-17(13)16(19-3)11-14-7-8-15(18)10-12(14)2/h5-10,16,19H,4,11H2,1-3H3. The van der Waals surface area contributed by atoms with E-state index in [4.69, 9.17) is 0 Å². The van der Waals surface area contributed by atoms with Crippen LogP contribution in [-0.2, 0) is 12.8 Å². The van der Waals surface area contributed by atoms with Crippen molar-refractivity contribution >= 4 is 0 Å². The average Bonchev–Trinajstić information content (AvgIpc) is 2.46. The van der Waals surface area contributed by atoms with E-state index in [1.165, 1.54) is 11.6 Å². The van der Waals surface area contributed by atoms with Crippen molar-refractivity contribution in [3.8, 4) is 0 Å². The number of rotatable bonds is 5. The number of hydrogen-bond acceptors (Lipinski definition) is 2. The zero-order valence-electron chi connectivity index (χ0n) is 12.3. The number of aryl methyl sites for hydroxylation is 2. The van der Waals surface area contributed by atoms with Crippen LogP contribution in [0, 0.1) is 12.7 Å². The van der Waals surface area contributed by atoms with E-state index in [0.717, 1.165) is 29.7 Å². The fraction of sp³-hybridized carbons (Fsp3) is 0.353. The fourth-order valence-electron chi connectivity index (χ4n) is 2.51. The number of pyridine rings is 1. The van der Waals surface area contributed by atoms with Crippen LogP contribution >= 0.6 is 0 Å². The number of halogens is 1. The SMILES string of the molecule is CCc1cccnc1C(Cc1ccc(F)cc1C)NC. The van der Waals surface area contributed by atoms with Crippen LogP contribution in [0.5, 0.6) is 0 Å². The van der Waals surface area contributed by atoms with Gasteiger partial charge in [0, 0.05) is 6.20 Å². The first-order valence-electron chi connectivity index (χ1n) is 7.01. The van der Waals surface area contributed by atoms with E-state index in [0.29, 0.717) is 0 Å². The molecule has 0 saturated carbocycles. The Kier molecular flexibility index (Phi) is 4.85. The van der Waals surface area contributed by atoms with Gasteiger partial charge in [-0.15, -0.1) is 0 Å². The van der Waals surface area contributed by atoms with Gasteiger partial charge in [-0.1, -0.05) is 19.1 Å². The summed E-state index contributed by atoms with van der Waals surface area (Å²) < 4.78 is 13.2. The molecule has 1 unspecified atom stereocenters. The molecule has 0 bridgehead atoms. The van der Waals surface area contributed by atoms with Crippen LogP contribution in [0.25, 0.3) is 0 Å². The molecule has 0 aliphatic rings. The lowest BCUT2D eigenvalue weighted by Crippen LogP contribution is -2.22. The normalized spacial score (nSPS) is 12.4. The minimum absolute atomic E-state index is 0.148. The molecule has 1 aromatic carbocycles. The van der Waals surface area contributed by atoms with Crippen molar-refractivity contribution in [3.63, 3.8) is 0 Å². The smallest absolute Gasteiger partial charge is 0.123 e. The summed E-state index contributed by atoms with van der Waals surface area (Å²) >= 11 is 0. The summed E-state index contributed by atoms with van der Waals surface area (Å²) in [7, 11) is 1.94. The summed E-state index contributed by atoms with van der Waals surface area (Å²) in [5.74, 6) is -0.181. The molecule has 0 saturated heterocycles. The third-order valence-electron chi connectivity index (χ3n) is 3.71. The molecule has 1 N–H and O–H groups in total. The first kappa shape index (κ1) is 14.7. The van der Waals surface area contributed by atoms with E-state index in [1.54, 1.807) is 6.07 Å². The number of benzene rings is 1. The zero-order valence-corrected chi connectivity index (χ0v) is 12.3. The van der Waals surface area contributed by atoms with Gasteiger partial charge in [-0.3, -0.25) is 4.98 Å². The lowest BCUT2D eigenvalue weighted by molar-refractivity contribution is 0.566. The molecule has 106 valence electrons. The van der Waals surface area contributed by atoms with E-state index in [2.05, 4.69) is 23.3 Å². The topological polar surface area (TPSA) is 24.9 Å². The minimum Gasteiger partial charge on any atom is -0.311 e. The number of likely N-dealkylation sites (N-methyl/N-ethyl adjacent to an activating group) is 1. The van der Waals surface area contributed by atoms with Gasteiger partial charge in [0.25, 0.3) is 0 Å². The Hall–Kier alpha value is -1.74. The van der Waals surface area contributed by atoms with Crippen molar-refractivity contribution in [1.82, 2.24) is 10.3 Å². The van der Waals surface area contributed by atoms with Gasteiger partial charge in [0.05, 0.1) is 11.7 Å². The quantitative estimate of drug-likeness (QED) is 0.899. The van der Waals surface area contributed by atoms with E-state index < -0.39 is 0 Å². The van der Waals surface area contributed by atoms with Gasteiger partial charge >= 0.3 is 0 Å². The van der Waals surface area contributed by atoms with Gasteiger partial charge in [0.2, 0.25) is 0 Å². The summed E-state index contributed by atoms with van der Waals surface area (Å²) in [5, 5.41) is 3.33. The lowest BCUT2D eigenvalue weighted by Gasteiger charge is -2.19. The molecule has 0 aliphatic heterocycles. The van der Waals surface area contributed by atoms with E-state index in [1.807, 2.05) is 32.3 Å². The highest BCUT2D eigenvalue weighted by Gasteiger charge is 2.15. The van der Waals surface area contributed by atoms with Crippen molar-refractivity contribution < 1.29 is 4.39 Å². The summed E-state index contributed by atoms with van der Waals surface area (Å²) in [5.41, 5.74) is 4.48. The summed E-state index contributed by atoms with van der Waals surface area (Å²) in [6.07, 6.45) is 3.60. The van der Waals surface area contributed by atoms with Gasteiger partial charge in [0.15, 0.2) is 0 Å². The van der Waals surface area contributed by atoms with Crippen LogP contribution < -0.4 is 5.32 Å². The predicted molar refractivity (Wildman–Crippen MR) is 80.3 cm³/mol. The van der Waals surface area contributed by atoms with Gasteiger partial charge in [-0.25, -0.2) is 4.39 Å². The van der Waals surface area contributed by atoms with Crippen molar-refractivity contribution in [1.29, 1.82) is 0 Å².